The van der Waals surface area contributed by atoms with E-state index in [0.29, 0.717) is 0 Å². The number of amides is 1. The number of carbonyl (C=O) groups excluding carboxylic acids is 1. The molecule has 0 aromatic heterocycles. The Morgan fingerprint density at radius 3 is 2.32 bits per heavy atom. The first-order valence-corrected chi connectivity index (χ1v) is 5.98. The van der Waals surface area contributed by atoms with Crippen LogP contribution < -0.4 is 11.1 Å². The summed E-state index contributed by atoms with van der Waals surface area (Å²) in [7, 11) is 3.38. The van der Waals surface area contributed by atoms with Crippen molar-refractivity contribution in [2.75, 3.05) is 20.6 Å². The number of rotatable bonds is 5. The molecule has 0 aliphatic carbocycles. The van der Waals surface area contributed by atoms with Crippen molar-refractivity contribution < 1.29 is 13.6 Å². The minimum absolute atomic E-state index is 0.0579. The van der Waals surface area contributed by atoms with Crippen LogP contribution in [0.25, 0.3) is 0 Å². The molecule has 0 fully saturated rings. The van der Waals surface area contributed by atoms with Crippen molar-refractivity contribution in [1.82, 2.24) is 10.2 Å². The van der Waals surface area contributed by atoms with Crippen molar-refractivity contribution in [2.45, 2.75) is 19.0 Å². The number of halogens is 2. The molecule has 0 saturated carbocycles. The van der Waals surface area contributed by atoms with Crippen molar-refractivity contribution in [3.63, 3.8) is 0 Å². The zero-order valence-electron chi connectivity index (χ0n) is 11.3. The molecule has 4 nitrogen and oxygen atoms in total. The van der Waals surface area contributed by atoms with E-state index in [2.05, 4.69) is 5.32 Å². The van der Waals surface area contributed by atoms with Crippen LogP contribution in [0.15, 0.2) is 18.2 Å². The molecule has 1 unspecified atom stereocenters. The van der Waals surface area contributed by atoms with Gasteiger partial charge in [0, 0.05) is 12.1 Å². The van der Waals surface area contributed by atoms with Gasteiger partial charge in [-0.15, -0.1) is 0 Å². The van der Waals surface area contributed by atoms with Gasteiger partial charge in [-0.05, 0) is 33.2 Å². The monoisotopic (exact) mass is 271 g/mol. The van der Waals surface area contributed by atoms with Gasteiger partial charge in [0.1, 0.15) is 11.6 Å². The fourth-order valence-corrected chi connectivity index (χ4v) is 1.73. The maximum absolute atomic E-state index is 13.7. The zero-order chi connectivity index (χ0) is 14.6. The lowest BCUT2D eigenvalue weighted by Gasteiger charge is -2.26. The number of nitrogens with one attached hydrogen (secondary N) is 1. The van der Waals surface area contributed by atoms with Crippen molar-refractivity contribution in [1.29, 1.82) is 0 Å². The predicted molar refractivity (Wildman–Crippen MR) is 69.4 cm³/mol. The molecule has 6 heteroatoms. The highest BCUT2D eigenvalue weighted by Gasteiger charge is 2.23. The molecule has 0 aliphatic rings. The number of nitrogens with zero attached hydrogens (tertiary/aromatic N) is 1. The Morgan fingerprint density at radius 1 is 1.37 bits per heavy atom. The van der Waals surface area contributed by atoms with E-state index in [1.54, 1.807) is 25.9 Å². The summed E-state index contributed by atoms with van der Waals surface area (Å²) in [4.78, 5) is 13.1. The van der Waals surface area contributed by atoms with Crippen molar-refractivity contribution >= 4 is 5.91 Å². The molecule has 1 aromatic carbocycles. The Kier molecular flexibility index (Phi) is 5.38. The quantitative estimate of drug-likeness (QED) is 0.841. The van der Waals surface area contributed by atoms with Gasteiger partial charge in [0.2, 0.25) is 5.91 Å². The number of nitrogens with two attached hydrogens (primary N) is 1. The molecule has 19 heavy (non-hydrogen) atoms. The first kappa shape index (κ1) is 15.5. The number of hydrogen-bond donors (Lipinski definition) is 2. The van der Waals surface area contributed by atoms with Crippen LogP contribution in [0.5, 0.6) is 0 Å². The molecular formula is C13H19F2N3O. The molecule has 1 amide bonds. The van der Waals surface area contributed by atoms with Crippen LogP contribution >= 0.6 is 0 Å². The van der Waals surface area contributed by atoms with Gasteiger partial charge in [-0.1, -0.05) is 6.07 Å². The third-order valence-corrected chi connectivity index (χ3v) is 2.84. The van der Waals surface area contributed by atoms with Gasteiger partial charge in [-0.2, -0.15) is 0 Å². The molecule has 0 bridgehead atoms. The fourth-order valence-electron chi connectivity index (χ4n) is 1.73. The van der Waals surface area contributed by atoms with Gasteiger partial charge in [-0.3, -0.25) is 4.79 Å². The minimum Gasteiger partial charge on any atom is -0.353 e. The maximum Gasteiger partial charge on any atom is 0.236 e. The minimum atomic E-state index is -0.659. The van der Waals surface area contributed by atoms with E-state index in [9.17, 15) is 13.6 Å². The predicted octanol–water partition coefficient (Wildman–Crippen LogP) is 1.03. The molecule has 3 N–H and O–H groups in total. The van der Waals surface area contributed by atoms with E-state index >= 15 is 0 Å². The lowest BCUT2D eigenvalue weighted by atomic mass is 10.0. The first-order chi connectivity index (χ1) is 8.84. The molecule has 106 valence electrons. The first-order valence-electron chi connectivity index (χ1n) is 5.98. The Hall–Kier alpha value is -1.53. The summed E-state index contributed by atoms with van der Waals surface area (Å²) in [6.07, 6.45) is 0. The summed E-state index contributed by atoms with van der Waals surface area (Å²) in [5.41, 5.74) is 5.37. The molecule has 0 saturated heterocycles. The van der Waals surface area contributed by atoms with Gasteiger partial charge in [-0.25, -0.2) is 8.78 Å². The molecular weight excluding hydrogens is 252 g/mol. The van der Waals surface area contributed by atoms with Crippen LogP contribution in [0.4, 0.5) is 8.78 Å². The van der Waals surface area contributed by atoms with Crippen LogP contribution in [-0.4, -0.2) is 37.5 Å². The average molecular weight is 271 g/mol. The Balaban J connectivity index is 2.92. The number of hydrogen-bond acceptors (Lipinski definition) is 3. The normalized spacial score (nSPS) is 14.3. The van der Waals surface area contributed by atoms with Crippen molar-refractivity contribution in [3.05, 3.63) is 35.4 Å². The van der Waals surface area contributed by atoms with Crippen LogP contribution in [-0.2, 0) is 4.79 Å². The molecule has 1 aromatic rings. The van der Waals surface area contributed by atoms with E-state index in [1.807, 2.05) is 0 Å². The second-order valence-electron chi connectivity index (χ2n) is 4.65. The summed E-state index contributed by atoms with van der Waals surface area (Å²) in [6.45, 7) is 1.63. The van der Waals surface area contributed by atoms with Gasteiger partial charge in [0.25, 0.3) is 0 Å². The summed E-state index contributed by atoms with van der Waals surface area (Å²) in [5.74, 6) is -1.62. The Labute approximate surface area is 111 Å². The largest absolute Gasteiger partial charge is 0.353 e. The number of likely N-dealkylation sites (N-methyl/N-ethyl adjacent to an activating group) is 1. The highest BCUT2D eigenvalue weighted by molar-refractivity contribution is 5.80. The third kappa shape index (κ3) is 3.97. The van der Waals surface area contributed by atoms with Crippen molar-refractivity contribution in [3.8, 4) is 0 Å². The average Bonchev–Trinajstić information content (AvgIpc) is 2.31. The summed E-state index contributed by atoms with van der Waals surface area (Å²) in [6, 6.07) is 2.45. The highest BCUT2D eigenvalue weighted by Crippen LogP contribution is 2.23. The Bertz CT molecular complexity index is 429. The van der Waals surface area contributed by atoms with Crippen LogP contribution in [0, 0.1) is 11.6 Å². The number of carbonyl (C=O) groups is 1. The third-order valence-electron chi connectivity index (χ3n) is 2.84. The lowest BCUT2D eigenvalue weighted by molar-refractivity contribution is -0.122. The van der Waals surface area contributed by atoms with Gasteiger partial charge < -0.3 is 16.0 Å². The van der Waals surface area contributed by atoms with E-state index in [-0.39, 0.29) is 18.0 Å². The van der Waals surface area contributed by atoms with Crippen LogP contribution in [0.3, 0.4) is 0 Å². The van der Waals surface area contributed by atoms with Gasteiger partial charge in [0.15, 0.2) is 0 Å². The molecule has 0 aliphatic heterocycles. The maximum atomic E-state index is 13.7. The molecule has 2 atom stereocenters. The smallest absolute Gasteiger partial charge is 0.236 e. The summed E-state index contributed by atoms with van der Waals surface area (Å²) in [5, 5.41) is 2.58. The molecule has 0 radical (unpaired) electrons. The summed E-state index contributed by atoms with van der Waals surface area (Å²) < 4.78 is 27.5. The van der Waals surface area contributed by atoms with E-state index in [4.69, 9.17) is 5.73 Å². The van der Waals surface area contributed by atoms with E-state index < -0.39 is 23.7 Å². The second kappa shape index (κ2) is 6.58. The Morgan fingerprint density at radius 2 is 1.89 bits per heavy atom. The summed E-state index contributed by atoms with van der Waals surface area (Å²) >= 11 is 0. The number of benzene rings is 1. The van der Waals surface area contributed by atoms with Gasteiger partial charge >= 0.3 is 0 Å². The van der Waals surface area contributed by atoms with Gasteiger partial charge in [0.05, 0.1) is 12.1 Å². The van der Waals surface area contributed by atoms with E-state index in [1.165, 1.54) is 18.2 Å². The second-order valence-corrected chi connectivity index (χ2v) is 4.65. The van der Waals surface area contributed by atoms with Crippen molar-refractivity contribution in [2.24, 2.45) is 5.73 Å². The standard InChI is InChI=1S/C13H19F2N3O/c1-8(16)13(19)17-7-11(18(2)3)12-9(14)5-4-6-10(12)15/h4-6,8,11H,7,16H2,1-3H3,(H,17,19)/t8-,11?/m1/s1. The lowest BCUT2D eigenvalue weighted by Crippen LogP contribution is -2.42. The van der Waals surface area contributed by atoms with E-state index in [0.717, 1.165) is 0 Å². The molecule has 0 spiro atoms. The SMILES string of the molecule is C[C@@H](N)C(=O)NCC(c1c(F)cccc1F)N(C)C. The molecule has 1 rings (SSSR count). The fraction of sp³-hybridized carbons (Fsp3) is 0.462. The zero-order valence-corrected chi connectivity index (χ0v) is 11.3. The van der Waals surface area contributed by atoms with Crippen LogP contribution in [0.2, 0.25) is 0 Å². The highest BCUT2D eigenvalue weighted by atomic mass is 19.1. The topological polar surface area (TPSA) is 58.4 Å². The van der Waals surface area contributed by atoms with Crippen LogP contribution in [0.1, 0.15) is 18.5 Å². The molecule has 0 heterocycles.